The van der Waals surface area contributed by atoms with Gasteiger partial charge in [-0.2, -0.15) is 0 Å². The van der Waals surface area contributed by atoms with Gasteiger partial charge in [-0.05, 0) is 30.3 Å². The largest absolute Gasteiger partial charge is 0.495 e. The van der Waals surface area contributed by atoms with E-state index in [9.17, 15) is 9.18 Å². The Kier molecular flexibility index (Phi) is 5.08. The van der Waals surface area contributed by atoms with E-state index in [2.05, 4.69) is 21.2 Å². The maximum Gasteiger partial charge on any atom is 0.257 e. The van der Waals surface area contributed by atoms with Gasteiger partial charge in [0, 0.05) is 4.47 Å². The van der Waals surface area contributed by atoms with E-state index in [1.807, 2.05) is 0 Å². The molecule has 1 amide bonds. The number of anilines is 1. The highest BCUT2D eigenvalue weighted by Crippen LogP contribution is 2.30. The first kappa shape index (κ1) is 16.1. The van der Waals surface area contributed by atoms with Gasteiger partial charge in [-0.3, -0.25) is 4.79 Å². The topological polar surface area (TPSA) is 38.3 Å². The monoisotopic (exact) mass is 391 g/mol. The zero-order chi connectivity index (χ0) is 15.6. The second-order valence-electron chi connectivity index (χ2n) is 4.04. The number of halogens is 4. The molecule has 2 aromatic carbocycles. The average molecular weight is 393 g/mol. The summed E-state index contributed by atoms with van der Waals surface area (Å²) in [5.74, 6) is -0.809. The Morgan fingerprint density at radius 2 is 1.95 bits per heavy atom. The van der Waals surface area contributed by atoms with Gasteiger partial charge in [-0.1, -0.05) is 39.1 Å². The first-order valence-electron chi connectivity index (χ1n) is 5.72. The van der Waals surface area contributed by atoms with Crippen LogP contribution in [0, 0.1) is 5.82 Å². The SMILES string of the molecule is COc1ccc(Br)cc1NC(=O)c1cc(F)c(Cl)cc1Cl. The lowest BCUT2D eigenvalue weighted by atomic mass is 10.2. The number of hydrogen-bond acceptors (Lipinski definition) is 2. The summed E-state index contributed by atoms with van der Waals surface area (Å²) in [4.78, 5) is 12.2. The van der Waals surface area contributed by atoms with Crippen molar-refractivity contribution in [3.63, 3.8) is 0 Å². The molecule has 0 saturated heterocycles. The van der Waals surface area contributed by atoms with Crippen molar-refractivity contribution in [2.75, 3.05) is 12.4 Å². The smallest absolute Gasteiger partial charge is 0.257 e. The van der Waals surface area contributed by atoms with Crippen LogP contribution in [0.2, 0.25) is 10.0 Å². The van der Waals surface area contributed by atoms with Gasteiger partial charge >= 0.3 is 0 Å². The standard InChI is InChI=1S/C14H9BrCl2FNO2/c1-21-13-3-2-7(15)4-12(13)19-14(20)8-5-11(18)10(17)6-9(8)16/h2-6H,1H3,(H,19,20). The molecule has 0 atom stereocenters. The Morgan fingerprint density at radius 3 is 2.62 bits per heavy atom. The molecule has 0 spiro atoms. The van der Waals surface area contributed by atoms with Crippen LogP contribution in [-0.2, 0) is 0 Å². The molecule has 0 saturated carbocycles. The van der Waals surface area contributed by atoms with E-state index in [0.29, 0.717) is 11.4 Å². The van der Waals surface area contributed by atoms with Crippen molar-refractivity contribution in [3.8, 4) is 5.75 Å². The number of hydrogen-bond donors (Lipinski definition) is 1. The van der Waals surface area contributed by atoms with E-state index >= 15 is 0 Å². The van der Waals surface area contributed by atoms with E-state index in [4.69, 9.17) is 27.9 Å². The molecule has 0 heterocycles. The van der Waals surface area contributed by atoms with Gasteiger partial charge in [-0.25, -0.2) is 4.39 Å². The fraction of sp³-hybridized carbons (Fsp3) is 0.0714. The van der Waals surface area contributed by atoms with Crippen LogP contribution in [0.5, 0.6) is 5.75 Å². The normalized spacial score (nSPS) is 10.3. The third-order valence-corrected chi connectivity index (χ3v) is 3.76. The van der Waals surface area contributed by atoms with Crippen LogP contribution in [-0.4, -0.2) is 13.0 Å². The first-order chi connectivity index (χ1) is 9.92. The summed E-state index contributed by atoms with van der Waals surface area (Å²) < 4.78 is 19.4. The summed E-state index contributed by atoms with van der Waals surface area (Å²) in [5.41, 5.74) is 0.420. The van der Waals surface area contributed by atoms with Crippen molar-refractivity contribution in [3.05, 3.63) is 56.2 Å². The minimum atomic E-state index is -0.715. The Labute approximate surface area is 139 Å². The first-order valence-corrected chi connectivity index (χ1v) is 7.26. The van der Waals surface area contributed by atoms with Crippen LogP contribution in [0.25, 0.3) is 0 Å². The summed E-state index contributed by atoms with van der Waals surface area (Å²) in [5, 5.41) is 2.54. The number of nitrogens with one attached hydrogen (secondary N) is 1. The Hall–Kier alpha value is -1.30. The number of rotatable bonds is 3. The van der Waals surface area contributed by atoms with Crippen molar-refractivity contribution in [2.45, 2.75) is 0 Å². The van der Waals surface area contributed by atoms with Crippen LogP contribution < -0.4 is 10.1 Å². The van der Waals surface area contributed by atoms with Crippen LogP contribution >= 0.6 is 39.1 Å². The highest BCUT2D eigenvalue weighted by Gasteiger charge is 2.16. The van der Waals surface area contributed by atoms with Crippen molar-refractivity contribution in [1.29, 1.82) is 0 Å². The molecular weight excluding hydrogens is 384 g/mol. The Morgan fingerprint density at radius 1 is 1.24 bits per heavy atom. The lowest BCUT2D eigenvalue weighted by Gasteiger charge is -2.11. The summed E-state index contributed by atoms with van der Waals surface area (Å²) in [7, 11) is 1.48. The van der Waals surface area contributed by atoms with Crippen molar-refractivity contribution in [2.24, 2.45) is 0 Å². The van der Waals surface area contributed by atoms with Crippen LogP contribution in [0.15, 0.2) is 34.8 Å². The van der Waals surface area contributed by atoms with Gasteiger partial charge < -0.3 is 10.1 Å². The van der Waals surface area contributed by atoms with E-state index in [1.165, 1.54) is 13.2 Å². The maximum absolute atomic E-state index is 13.5. The zero-order valence-corrected chi connectivity index (χ0v) is 13.8. The molecule has 0 bridgehead atoms. The Balaban J connectivity index is 2.34. The van der Waals surface area contributed by atoms with Crippen molar-refractivity contribution in [1.82, 2.24) is 0 Å². The molecule has 0 aliphatic heterocycles. The molecule has 0 aliphatic rings. The summed E-state index contributed by atoms with van der Waals surface area (Å²) >= 11 is 14.8. The third kappa shape index (κ3) is 3.67. The zero-order valence-electron chi connectivity index (χ0n) is 10.7. The maximum atomic E-state index is 13.5. The van der Waals surface area contributed by atoms with Gasteiger partial charge in [-0.15, -0.1) is 0 Å². The molecule has 2 aromatic rings. The molecule has 1 N–H and O–H groups in total. The highest BCUT2D eigenvalue weighted by atomic mass is 79.9. The van der Waals surface area contributed by atoms with Crippen LogP contribution in [0.3, 0.4) is 0 Å². The quantitative estimate of drug-likeness (QED) is 0.733. The van der Waals surface area contributed by atoms with E-state index in [1.54, 1.807) is 18.2 Å². The summed E-state index contributed by atoms with van der Waals surface area (Å²) in [6, 6.07) is 7.29. The fourth-order valence-electron chi connectivity index (χ4n) is 1.66. The lowest BCUT2D eigenvalue weighted by Crippen LogP contribution is -2.13. The number of methoxy groups -OCH3 is 1. The molecule has 7 heteroatoms. The van der Waals surface area contributed by atoms with E-state index in [-0.39, 0.29) is 15.6 Å². The Bertz CT molecular complexity index is 710. The van der Waals surface area contributed by atoms with Gasteiger partial charge in [0.2, 0.25) is 0 Å². The molecule has 0 fully saturated rings. The lowest BCUT2D eigenvalue weighted by molar-refractivity contribution is 0.102. The highest BCUT2D eigenvalue weighted by molar-refractivity contribution is 9.10. The molecule has 2 rings (SSSR count). The number of carbonyl (C=O) groups excluding carboxylic acids is 1. The number of carbonyl (C=O) groups is 1. The molecule has 0 radical (unpaired) electrons. The minimum Gasteiger partial charge on any atom is -0.495 e. The van der Waals surface area contributed by atoms with E-state index in [0.717, 1.165) is 10.5 Å². The summed E-state index contributed by atoms with van der Waals surface area (Å²) in [6.07, 6.45) is 0. The van der Waals surface area contributed by atoms with Crippen LogP contribution in [0.1, 0.15) is 10.4 Å². The molecule has 110 valence electrons. The van der Waals surface area contributed by atoms with Gasteiger partial charge in [0.15, 0.2) is 0 Å². The van der Waals surface area contributed by atoms with Gasteiger partial charge in [0.25, 0.3) is 5.91 Å². The number of amides is 1. The second-order valence-corrected chi connectivity index (χ2v) is 5.77. The molecule has 3 nitrogen and oxygen atoms in total. The van der Waals surface area contributed by atoms with E-state index < -0.39 is 11.7 Å². The molecule has 0 aromatic heterocycles. The molecule has 0 unspecified atom stereocenters. The number of ether oxygens (including phenoxy) is 1. The predicted molar refractivity (Wildman–Crippen MR) is 85.1 cm³/mol. The van der Waals surface area contributed by atoms with Crippen molar-refractivity contribution >= 4 is 50.7 Å². The predicted octanol–water partition coefficient (Wildman–Crippen LogP) is 5.16. The molecule has 21 heavy (non-hydrogen) atoms. The van der Waals surface area contributed by atoms with Crippen molar-refractivity contribution < 1.29 is 13.9 Å². The minimum absolute atomic E-state index is 0.0133. The van der Waals surface area contributed by atoms with Crippen LogP contribution in [0.4, 0.5) is 10.1 Å². The van der Waals surface area contributed by atoms with Gasteiger partial charge in [0.1, 0.15) is 11.6 Å². The molecule has 0 aliphatic carbocycles. The second kappa shape index (κ2) is 6.64. The van der Waals surface area contributed by atoms with Gasteiger partial charge in [0.05, 0.1) is 28.4 Å². The summed E-state index contributed by atoms with van der Waals surface area (Å²) in [6.45, 7) is 0. The third-order valence-electron chi connectivity index (χ3n) is 2.66. The number of benzene rings is 2. The average Bonchev–Trinajstić information content (AvgIpc) is 2.43. The fourth-order valence-corrected chi connectivity index (χ4v) is 2.49. The molecular formula is C14H9BrCl2FNO2.